The number of nitrogens with two attached hydrogens (primary N) is 1. The molecule has 3 atom stereocenters. The summed E-state index contributed by atoms with van der Waals surface area (Å²) in [6.07, 6.45) is 4.86. The zero-order chi connectivity index (χ0) is 11.4. The molecule has 16 heavy (non-hydrogen) atoms. The summed E-state index contributed by atoms with van der Waals surface area (Å²) in [5, 5.41) is 3.09. The van der Waals surface area contributed by atoms with Crippen LogP contribution in [0, 0.1) is 11.8 Å². The molecular weight excluding hydrogens is 224 g/mol. The van der Waals surface area contributed by atoms with Gasteiger partial charge in [0.05, 0.1) is 6.04 Å². The van der Waals surface area contributed by atoms with Gasteiger partial charge in [0.25, 0.3) is 0 Å². The van der Waals surface area contributed by atoms with Crippen LogP contribution in [-0.2, 0) is 4.79 Å². The molecule has 1 aliphatic rings. The highest BCUT2D eigenvalue weighted by atomic mass is 35.5. The molecule has 4 heteroatoms. The van der Waals surface area contributed by atoms with Crippen LogP contribution in [0.3, 0.4) is 0 Å². The molecule has 0 spiro atoms. The van der Waals surface area contributed by atoms with E-state index in [0.29, 0.717) is 12.0 Å². The summed E-state index contributed by atoms with van der Waals surface area (Å²) in [5.41, 5.74) is 5.81. The second-order valence-electron chi connectivity index (χ2n) is 5.15. The van der Waals surface area contributed by atoms with Crippen molar-refractivity contribution in [3.63, 3.8) is 0 Å². The summed E-state index contributed by atoms with van der Waals surface area (Å²) >= 11 is 0. The lowest BCUT2D eigenvalue weighted by Crippen LogP contribution is -2.50. The van der Waals surface area contributed by atoms with Gasteiger partial charge in [-0.2, -0.15) is 0 Å². The standard InChI is InChI=1S/C12H24N2O.ClH/c1-8(2)11(13)12(15)14-10-7-5-4-6-9(10)3;/h8-11H,4-7,13H2,1-3H3,(H,14,15);1H/t9?,10?,11-;/m1./s1. The topological polar surface area (TPSA) is 55.1 Å². The molecule has 3 N–H and O–H groups in total. The minimum atomic E-state index is -0.362. The van der Waals surface area contributed by atoms with E-state index in [4.69, 9.17) is 5.73 Å². The van der Waals surface area contributed by atoms with E-state index in [1.807, 2.05) is 13.8 Å². The van der Waals surface area contributed by atoms with Gasteiger partial charge in [0.15, 0.2) is 0 Å². The Morgan fingerprint density at radius 1 is 1.31 bits per heavy atom. The number of hydrogen-bond donors (Lipinski definition) is 2. The van der Waals surface area contributed by atoms with Crippen LogP contribution < -0.4 is 11.1 Å². The number of halogens is 1. The van der Waals surface area contributed by atoms with Gasteiger partial charge in [0.1, 0.15) is 0 Å². The van der Waals surface area contributed by atoms with Crippen LogP contribution in [0.1, 0.15) is 46.5 Å². The molecule has 0 aromatic heterocycles. The monoisotopic (exact) mass is 248 g/mol. The maximum atomic E-state index is 11.8. The molecule has 0 aromatic rings. The Labute approximate surface area is 105 Å². The van der Waals surface area contributed by atoms with E-state index in [9.17, 15) is 4.79 Å². The van der Waals surface area contributed by atoms with Crippen LogP contribution >= 0.6 is 12.4 Å². The van der Waals surface area contributed by atoms with Crippen molar-refractivity contribution in [2.75, 3.05) is 0 Å². The van der Waals surface area contributed by atoms with Crippen LogP contribution in [0.25, 0.3) is 0 Å². The van der Waals surface area contributed by atoms with E-state index in [1.165, 1.54) is 19.3 Å². The first-order valence-corrected chi connectivity index (χ1v) is 6.08. The normalized spacial score (nSPS) is 27.1. The average Bonchev–Trinajstić information content (AvgIpc) is 2.20. The van der Waals surface area contributed by atoms with Crippen molar-refractivity contribution in [3.05, 3.63) is 0 Å². The molecule has 2 unspecified atom stereocenters. The van der Waals surface area contributed by atoms with Gasteiger partial charge >= 0.3 is 0 Å². The Morgan fingerprint density at radius 3 is 2.38 bits per heavy atom. The predicted octanol–water partition coefficient (Wildman–Crippen LogP) is 2.09. The molecule has 1 rings (SSSR count). The van der Waals surface area contributed by atoms with Crippen molar-refractivity contribution < 1.29 is 4.79 Å². The Kier molecular flexibility index (Phi) is 7.00. The SMILES string of the molecule is CC1CCCCC1NC(=O)[C@H](N)C(C)C.Cl. The number of amides is 1. The molecule has 1 fully saturated rings. The maximum absolute atomic E-state index is 11.8. The minimum absolute atomic E-state index is 0. The summed E-state index contributed by atoms with van der Waals surface area (Å²) in [5.74, 6) is 0.828. The number of carbonyl (C=O) groups is 1. The van der Waals surface area contributed by atoms with E-state index >= 15 is 0 Å². The van der Waals surface area contributed by atoms with Crippen LogP contribution in [0.5, 0.6) is 0 Å². The van der Waals surface area contributed by atoms with Crippen molar-refractivity contribution in [2.45, 2.75) is 58.5 Å². The van der Waals surface area contributed by atoms with Crippen LogP contribution in [0.15, 0.2) is 0 Å². The van der Waals surface area contributed by atoms with Gasteiger partial charge in [-0.05, 0) is 24.7 Å². The van der Waals surface area contributed by atoms with Crippen molar-refractivity contribution in [3.8, 4) is 0 Å². The molecule has 1 aliphatic carbocycles. The Morgan fingerprint density at radius 2 is 1.88 bits per heavy atom. The molecule has 96 valence electrons. The Hall–Kier alpha value is -0.280. The Bertz CT molecular complexity index is 221. The third-order valence-electron chi connectivity index (χ3n) is 3.46. The number of nitrogens with one attached hydrogen (secondary N) is 1. The van der Waals surface area contributed by atoms with Gasteiger partial charge in [-0.1, -0.05) is 33.6 Å². The van der Waals surface area contributed by atoms with E-state index in [0.717, 1.165) is 6.42 Å². The smallest absolute Gasteiger partial charge is 0.237 e. The molecule has 0 heterocycles. The fourth-order valence-corrected chi connectivity index (χ4v) is 2.11. The number of hydrogen-bond acceptors (Lipinski definition) is 2. The highest BCUT2D eigenvalue weighted by molar-refractivity contribution is 5.85. The van der Waals surface area contributed by atoms with Crippen LogP contribution in [0.4, 0.5) is 0 Å². The molecule has 0 saturated heterocycles. The molecule has 0 aliphatic heterocycles. The molecule has 0 radical (unpaired) electrons. The van der Waals surface area contributed by atoms with Crippen molar-refractivity contribution in [1.29, 1.82) is 0 Å². The van der Waals surface area contributed by atoms with Gasteiger partial charge in [0.2, 0.25) is 5.91 Å². The zero-order valence-electron chi connectivity index (χ0n) is 10.5. The van der Waals surface area contributed by atoms with E-state index in [-0.39, 0.29) is 30.3 Å². The lowest BCUT2D eigenvalue weighted by atomic mass is 9.85. The fourth-order valence-electron chi connectivity index (χ4n) is 2.11. The maximum Gasteiger partial charge on any atom is 0.237 e. The largest absolute Gasteiger partial charge is 0.352 e. The lowest BCUT2D eigenvalue weighted by molar-refractivity contribution is -0.124. The zero-order valence-corrected chi connectivity index (χ0v) is 11.3. The number of rotatable bonds is 3. The highest BCUT2D eigenvalue weighted by Crippen LogP contribution is 2.23. The minimum Gasteiger partial charge on any atom is -0.352 e. The second kappa shape index (κ2) is 7.13. The first-order valence-electron chi connectivity index (χ1n) is 6.08. The molecule has 1 saturated carbocycles. The van der Waals surface area contributed by atoms with Gasteiger partial charge in [-0.15, -0.1) is 12.4 Å². The van der Waals surface area contributed by atoms with Gasteiger partial charge in [0, 0.05) is 6.04 Å². The van der Waals surface area contributed by atoms with E-state index < -0.39 is 0 Å². The third-order valence-corrected chi connectivity index (χ3v) is 3.46. The molecular formula is C12H25ClN2O. The van der Waals surface area contributed by atoms with Crippen molar-refractivity contribution in [2.24, 2.45) is 17.6 Å². The quantitative estimate of drug-likeness (QED) is 0.804. The average molecular weight is 249 g/mol. The Balaban J connectivity index is 0.00000225. The van der Waals surface area contributed by atoms with E-state index in [1.54, 1.807) is 0 Å². The molecule has 3 nitrogen and oxygen atoms in total. The lowest BCUT2D eigenvalue weighted by Gasteiger charge is -2.30. The summed E-state index contributed by atoms with van der Waals surface area (Å²) in [7, 11) is 0. The van der Waals surface area contributed by atoms with Gasteiger partial charge in [-0.3, -0.25) is 4.79 Å². The summed E-state index contributed by atoms with van der Waals surface area (Å²) in [6.45, 7) is 6.17. The number of carbonyl (C=O) groups excluding carboxylic acids is 1. The van der Waals surface area contributed by atoms with Gasteiger partial charge < -0.3 is 11.1 Å². The summed E-state index contributed by atoms with van der Waals surface area (Å²) < 4.78 is 0. The third kappa shape index (κ3) is 4.30. The molecule has 0 aromatic carbocycles. The van der Waals surface area contributed by atoms with Gasteiger partial charge in [-0.25, -0.2) is 0 Å². The van der Waals surface area contributed by atoms with Crippen molar-refractivity contribution >= 4 is 18.3 Å². The summed E-state index contributed by atoms with van der Waals surface area (Å²) in [4.78, 5) is 11.8. The molecule has 1 amide bonds. The predicted molar refractivity (Wildman–Crippen MR) is 69.6 cm³/mol. The first kappa shape index (κ1) is 15.7. The van der Waals surface area contributed by atoms with E-state index in [2.05, 4.69) is 12.2 Å². The fraction of sp³-hybridized carbons (Fsp3) is 0.917. The van der Waals surface area contributed by atoms with Crippen LogP contribution in [-0.4, -0.2) is 18.0 Å². The first-order chi connectivity index (χ1) is 7.02. The summed E-state index contributed by atoms with van der Waals surface area (Å²) in [6, 6.07) is -0.0184. The van der Waals surface area contributed by atoms with Crippen molar-refractivity contribution in [1.82, 2.24) is 5.32 Å². The van der Waals surface area contributed by atoms with Crippen LogP contribution in [0.2, 0.25) is 0 Å². The highest BCUT2D eigenvalue weighted by Gasteiger charge is 2.25. The second-order valence-corrected chi connectivity index (χ2v) is 5.15. The molecule has 0 bridgehead atoms.